The van der Waals surface area contributed by atoms with Crippen molar-refractivity contribution in [3.05, 3.63) is 33.9 Å². The van der Waals surface area contributed by atoms with E-state index in [1.807, 2.05) is 6.92 Å². The Morgan fingerprint density at radius 1 is 1.45 bits per heavy atom. The van der Waals surface area contributed by atoms with E-state index in [2.05, 4.69) is 10.5 Å². The highest BCUT2D eigenvalue weighted by molar-refractivity contribution is 5.82. The van der Waals surface area contributed by atoms with Gasteiger partial charge in [-0.1, -0.05) is 13.3 Å². The van der Waals surface area contributed by atoms with Crippen LogP contribution >= 0.6 is 0 Å². The van der Waals surface area contributed by atoms with E-state index in [0.29, 0.717) is 18.2 Å². The lowest BCUT2D eigenvalue weighted by molar-refractivity contribution is -0.384. The molecule has 0 saturated carbocycles. The van der Waals surface area contributed by atoms with Crippen molar-refractivity contribution < 1.29 is 18.1 Å². The Morgan fingerprint density at radius 2 is 2.10 bits per heavy atom. The van der Waals surface area contributed by atoms with Crippen molar-refractivity contribution in [2.24, 2.45) is 5.10 Å². The maximum absolute atomic E-state index is 12.5. The molecule has 0 heterocycles. The zero-order chi connectivity index (χ0) is 15.3. The van der Waals surface area contributed by atoms with Crippen LogP contribution in [0.1, 0.15) is 32.3 Å². The van der Waals surface area contributed by atoms with Gasteiger partial charge in [-0.2, -0.15) is 18.3 Å². The molecule has 8 heteroatoms. The third-order valence-corrected chi connectivity index (χ3v) is 2.50. The fraction of sp³-hybridized carbons (Fsp3) is 0.417. The van der Waals surface area contributed by atoms with Crippen LogP contribution in [0.25, 0.3) is 0 Å². The topological polar surface area (TPSA) is 67.5 Å². The van der Waals surface area contributed by atoms with Crippen molar-refractivity contribution >= 4 is 17.1 Å². The predicted molar refractivity (Wildman–Crippen MR) is 69.7 cm³/mol. The van der Waals surface area contributed by atoms with E-state index >= 15 is 0 Å². The van der Waals surface area contributed by atoms with E-state index in [4.69, 9.17) is 0 Å². The zero-order valence-corrected chi connectivity index (χ0v) is 11.0. The van der Waals surface area contributed by atoms with E-state index in [9.17, 15) is 23.3 Å². The summed E-state index contributed by atoms with van der Waals surface area (Å²) in [6, 6.07) is 2.27. The molecule has 20 heavy (non-hydrogen) atoms. The van der Waals surface area contributed by atoms with Gasteiger partial charge in [0.05, 0.1) is 10.5 Å². The van der Waals surface area contributed by atoms with Crippen LogP contribution in [0.15, 0.2) is 23.3 Å². The van der Waals surface area contributed by atoms with Crippen LogP contribution in [-0.2, 0) is 6.18 Å². The molecule has 0 fully saturated rings. The molecule has 0 bridgehead atoms. The first-order valence-electron chi connectivity index (χ1n) is 5.90. The van der Waals surface area contributed by atoms with E-state index in [-0.39, 0.29) is 5.69 Å². The summed E-state index contributed by atoms with van der Waals surface area (Å²) < 4.78 is 37.5. The van der Waals surface area contributed by atoms with E-state index in [1.54, 1.807) is 6.92 Å². The molecule has 0 spiro atoms. The van der Waals surface area contributed by atoms with Crippen LogP contribution in [0.2, 0.25) is 0 Å². The van der Waals surface area contributed by atoms with Gasteiger partial charge in [0.2, 0.25) is 0 Å². The Bertz CT molecular complexity index is 527. The van der Waals surface area contributed by atoms with Gasteiger partial charge in [0.25, 0.3) is 5.69 Å². The maximum Gasteiger partial charge on any atom is 0.416 e. The molecule has 1 N–H and O–H groups in total. The van der Waals surface area contributed by atoms with Gasteiger partial charge < -0.3 is 0 Å². The fourth-order valence-electron chi connectivity index (χ4n) is 1.53. The van der Waals surface area contributed by atoms with Gasteiger partial charge in [-0.25, -0.2) is 0 Å². The second-order valence-corrected chi connectivity index (χ2v) is 4.20. The third-order valence-electron chi connectivity index (χ3n) is 2.50. The van der Waals surface area contributed by atoms with Crippen LogP contribution < -0.4 is 5.43 Å². The number of nitro benzene ring substituents is 1. The van der Waals surface area contributed by atoms with Crippen molar-refractivity contribution in [2.45, 2.75) is 32.9 Å². The second kappa shape index (κ2) is 6.36. The van der Waals surface area contributed by atoms with E-state index in [0.717, 1.165) is 18.6 Å². The number of nitro groups is 1. The summed E-state index contributed by atoms with van der Waals surface area (Å²) in [6.07, 6.45) is -3.07. The zero-order valence-electron chi connectivity index (χ0n) is 11.0. The lowest BCUT2D eigenvalue weighted by Crippen LogP contribution is -2.07. The van der Waals surface area contributed by atoms with Gasteiger partial charge in [-0.05, 0) is 25.5 Å². The first kappa shape index (κ1) is 15.9. The van der Waals surface area contributed by atoms with Crippen molar-refractivity contribution in [1.82, 2.24) is 0 Å². The first-order chi connectivity index (χ1) is 9.25. The SMILES string of the molecule is CCC/C(C)=N\Nc1ccc(C(F)(F)F)cc1[N+](=O)[O-]. The van der Waals surface area contributed by atoms with Gasteiger partial charge >= 0.3 is 6.18 Å². The van der Waals surface area contributed by atoms with Crippen LogP contribution in [0.3, 0.4) is 0 Å². The Kier molecular flexibility index (Phi) is 5.06. The molecule has 0 saturated heterocycles. The average molecular weight is 289 g/mol. The van der Waals surface area contributed by atoms with Crippen LogP contribution in [0, 0.1) is 10.1 Å². The molecule has 0 aliphatic carbocycles. The molecule has 1 rings (SSSR count). The highest BCUT2D eigenvalue weighted by Gasteiger charge is 2.33. The minimum Gasteiger partial charge on any atom is -0.272 e. The number of nitrogens with zero attached hydrogens (tertiary/aromatic N) is 2. The molecule has 0 radical (unpaired) electrons. The van der Waals surface area contributed by atoms with Crippen LogP contribution in [0.5, 0.6) is 0 Å². The van der Waals surface area contributed by atoms with E-state index in [1.165, 1.54) is 0 Å². The van der Waals surface area contributed by atoms with Gasteiger partial charge in [0.1, 0.15) is 5.69 Å². The molecule has 110 valence electrons. The number of nitrogens with one attached hydrogen (secondary N) is 1. The van der Waals surface area contributed by atoms with Crippen LogP contribution in [-0.4, -0.2) is 10.6 Å². The van der Waals surface area contributed by atoms with Gasteiger partial charge in [-0.15, -0.1) is 0 Å². The molecule has 0 aliphatic heterocycles. The first-order valence-corrected chi connectivity index (χ1v) is 5.90. The molecule has 0 unspecified atom stereocenters. The molecule has 5 nitrogen and oxygen atoms in total. The summed E-state index contributed by atoms with van der Waals surface area (Å²) in [4.78, 5) is 9.95. The van der Waals surface area contributed by atoms with Gasteiger partial charge in [-0.3, -0.25) is 15.5 Å². The molecular formula is C12H14F3N3O2. The molecule has 0 amide bonds. The lowest BCUT2D eigenvalue weighted by atomic mass is 10.1. The summed E-state index contributed by atoms with van der Waals surface area (Å²) in [6.45, 7) is 3.67. The highest BCUT2D eigenvalue weighted by Crippen LogP contribution is 2.34. The number of benzene rings is 1. The normalized spacial score (nSPS) is 12.3. The molecule has 0 aliphatic rings. The predicted octanol–water partition coefficient (Wildman–Crippen LogP) is 4.20. The summed E-state index contributed by atoms with van der Waals surface area (Å²) >= 11 is 0. The molecule has 0 atom stereocenters. The third kappa shape index (κ3) is 4.22. The van der Waals surface area contributed by atoms with Crippen LogP contribution in [0.4, 0.5) is 24.5 Å². The summed E-state index contributed by atoms with van der Waals surface area (Å²) in [7, 11) is 0. The summed E-state index contributed by atoms with van der Waals surface area (Å²) in [5.41, 5.74) is 1.35. The quantitative estimate of drug-likeness (QED) is 0.501. The number of rotatable bonds is 5. The molecule has 0 aromatic heterocycles. The fourth-order valence-corrected chi connectivity index (χ4v) is 1.53. The number of hydrogen-bond donors (Lipinski definition) is 1. The summed E-state index contributed by atoms with van der Waals surface area (Å²) in [5.74, 6) is 0. The number of anilines is 1. The Morgan fingerprint density at radius 3 is 2.60 bits per heavy atom. The minimum atomic E-state index is -4.62. The van der Waals surface area contributed by atoms with Crippen molar-refractivity contribution in [1.29, 1.82) is 0 Å². The van der Waals surface area contributed by atoms with Crippen molar-refractivity contribution in [3.8, 4) is 0 Å². The smallest absolute Gasteiger partial charge is 0.272 e. The lowest BCUT2D eigenvalue weighted by Gasteiger charge is -2.08. The van der Waals surface area contributed by atoms with Crippen molar-refractivity contribution in [2.75, 3.05) is 5.43 Å². The average Bonchev–Trinajstić information content (AvgIpc) is 2.35. The monoisotopic (exact) mass is 289 g/mol. The number of hydrogen-bond acceptors (Lipinski definition) is 4. The number of halogens is 3. The van der Waals surface area contributed by atoms with E-state index < -0.39 is 22.4 Å². The Balaban J connectivity index is 3.09. The maximum atomic E-state index is 12.5. The van der Waals surface area contributed by atoms with Gasteiger partial charge in [0, 0.05) is 11.8 Å². The number of alkyl halides is 3. The number of hydrazone groups is 1. The minimum absolute atomic E-state index is 0.0709. The largest absolute Gasteiger partial charge is 0.416 e. The van der Waals surface area contributed by atoms with Crippen molar-refractivity contribution in [3.63, 3.8) is 0 Å². The van der Waals surface area contributed by atoms with Gasteiger partial charge in [0.15, 0.2) is 0 Å². The second-order valence-electron chi connectivity index (χ2n) is 4.20. The molecule has 1 aromatic rings. The summed E-state index contributed by atoms with van der Waals surface area (Å²) in [5, 5.41) is 14.7. The molecule has 1 aromatic carbocycles. The Hall–Kier alpha value is -2.12. The molecular weight excluding hydrogens is 275 g/mol. The Labute approximate surface area is 113 Å². The standard InChI is InChI=1S/C12H14F3N3O2/c1-3-4-8(2)16-17-10-6-5-9(12(13,14)15)7-11(10)18(19)20/h5-7,17H,3-4H2,1-2H3/b16-8-. The highest BCUT2D eigenvalue weighted by atomic mass is 19.4.